The predicted molar refractivity (Wildman–Crippen MR) is 80.6 cm³/mol. The first-order chi connectivity index (χ1) is 11.0. The highest BCUT2D eigenvalue weighted by Gasteiger charge is 2.23. The van der Waals surface area contributed by atoms with Gasteiger partial charge in [0.15, 0.2) is 0 Å². The summed E-state index contributed by atoms with van der Waals surface area (Å²) in [6.45, 7) is -2.70. The standard InChI is InChI=1S/C15H16ClF2N3O2/c16-14-7-13(23-10-3-1-9(22)2-4-10)11(8-19-14)12-5-6-21(20-12)15(17)18/h5-10,15,22H,1-4H2. The summed E-state index contributed by atoms with van der Waals surface area (Å²) in [4.78, 5) is 3.98. The van der Waals surface area contributed by atoms with Gasteiger partial charge in [-0.15, -0.1) is 0 Å². The van der Waals surface area contributed by atoms with Crippen LogP contribution in [0.25, 0.3) is 11.3 Å². The van der Waals surface area contributed by atoms with Crippen LogP contribution in [0.2, 0.25) is 5.15 Å². The average molecular weight is 344 g/mol. The number of hydrogen-bond acceptors (Lipinski definition) is 4. The second-order valence-corrected chi connectivity index (χ2v) is 5.90. The minimum absolute atomic E-state index is 0.0483. The normalized spacial score (nSPS) is 21.6. The molecule has 0 atom stereocenters. The van der Waals surface area contributed by atoms with E-state index in [9.17, 15) is 13.9 Å². The zero-order valence-electron chi connectivity index (χ0n) is 12.2. The van der Waals surface area contributed by atoms with Gasteiger partial charge in [0.25, 0.3) is 0 Å². The number of hydrogen-bond donors (Lipinski definition) is 1. The molecular formula is C15H16ClF2N3O2. The van der Waals surface area contributed by atoms with Gasteiger partial charge >= 0.3 is 6.55 Å². The molecule has 0 spiro atoms. The number of nitrogens with zero attached hydrogens (tertiary/aromatic N) is 3. The molecule has 1 aliphatic carbocycles. The zero-order valence-corrected chi connectivity index (χ0v) is 13.0. The van der Waals surface area contributed by atoms with Gasteiger partial charge in [-0.05, 0) is 31.7 Å². The zero-order chi connectivity index (χ0) is 16.4. The third-order valence-electron chi connectivity index (χ3n) is 3.85. The molecule has 3 rings (SSSR count). The van der Waals surface area contributed by atoms with E-state index in [0.717, 1.165) is 12.8 Å². The largest absolute Gasteiger partial charge is 0.490 e. The molecule has 0 radical (unpaired) electrons. The number of halogens is 3. The van der Waals surface area contributed by atoms with Crippen molar-refractivity contribution in [3.05, 3.63) is 29.7 Å². The van der Waals surface area contributed by atoms with Crippen molar-refractivity contribution in [1.29, 1.82) is 0 Å². The lowest BCUT2D eigenvalue weighted by atomic mass is 9.95. The second kappa shape index (κ2) is 6.80. The highest BCUT2D eigenvalue weighted by molar-refractivity contribution is 6.29. The van der Waals surface area contributed by atoms with E-state index in [0.29, 0.717) is 34.5 Å². The number of rotatable bonds is 4. The number of aliphatic hydroxyl groups excluding tert-OH is 1. The summed E-state index contributed by atoms with van der Waals surface area (Å²) in [6, 6.07) is 3.04. The van der Waals surface area contributed by atoms with Gasteiger partial charge in [-0.3, -0.25) is 0 Å². The molecule has 23 heavy (non-hydrogen) atoms. The molecule has 1 N–H and O–H groups in total. The topological polar surface area (TPSA) is 60.2 Å². The van der Waals surface area contributed by atoms with Crippen LogP contribution in [0.5, 0.6) is 5.75 Å². The Balaban J connectivity index is 1.85. The summed E-state index contributed by atoms with van der Waals surface area (Å²) < 4.78 is 31.9. The van der Waals surface area contributed by atoms with E-state index >= 15 is 0 Å². The first-order valence-electron chi connectivity index (χ1n) is 7.37. The summed E-state index contributed by atoms with van der Waals surface area (Å²) in [7, 11) is 0. The molecule has 0 amide bonds. The molecule has 2 aromatic heterocycles. The van der Waals surface area contributed by atoms with Crippen LogP contribution in [-0.4, -0.2) is 32.1 Å². The molecule has 8 heteroatoms. The van der Waals surface area contributed by atoms with E-state index in [1.54, 1.807) is 6.07 Å². The number of aromatic nitrogens is 3. The van der Waals surface area contributed by atoms with Gasteiger partial charge < -0.3 is 9.84 Å². The number of pyridine rings is 1. The van der Waals surface area contributed by atoms with E-state index in [2.05, 4.69) is 10.1 Å². The highest BCUT2D eigenvalue weighted by Crippen LogP contribution is 2.33. The van der Waals surface area contributed by atoms with E-state index in [1.807, 2.05) is 0 Å². The summed E-state index contributed by atoms with van der Waals surface area (Å²) >= 11 is 5.92. The lowest BCUT2D eigenvalue weighted by molar-refractivity contribution is 0.0568. The minimum atomic E-state index is -2.70. The van der Waals surface area contributed by atoms with Gasteiger partial charge in [0, 0.05) is 18.5 Å². The van der Waals surface area contributed by atoms with Gasteiger partial charge in [0.2, 0.25) is 0 Å². The molecule has 0 saturated heterocycles. The van der Waals surface area contributed by atoms with Crippen LogP contribution in [0.3, 0.4) is 0 Å². The van der Waals surface area contributed by atoms with Gasteiger partial charge in [-0.25, -0.2) is 9.67 Å². The average Bonchev–Trinajstić information content (AvgIpc) is 3.00. The SMILES string of the molecule is OC1CCC(Oc2cc(Cl)ncc2-c2ccn(C(F)F)n2)CC1. The summed E-state index contributed by atoms with van der Waals surface area (Å²) in [6.07, 6.45) is 5.16. The van der Waals surface area contributed by atoms with Gasteiger partial charge in [0.05, 0.1) is 23.5 Å². The molecule has 5 nitrogen and oxygen atoms in total. The summed E-state index contributed by atoms with van der Waals surface area (Å²) in [5.74, 6) is 0.464. The van der Waals surface area contributed by atoms with E-state index < -0.39 is 6.55 Å². The fourth-order valence-electron chi connectivity index (χ4n) is 2.64. The maximum absolute atomic E-state index is 12.7. The lowest BCUT2D eigenvalue weighted by Gasteiger charge is -2.26. The van der Waals surface area contributed by atoms with Gasteiger partial charge in [-0.2, -0.15) is 13.9 Å². The molecule has 0 unspecified atom stereocenters. The first-order valence-corrected chi connectivity index (χ1v) is 7.74. The van der Waals surface area contributed by atoms with Crippen LogP contribution in [0.4, 0.5) is 8.78 Å². The molecule has 1 aliphatic rings. The second-order valence-electron chi connectivity index (χ2n) is 5.51. The Labute approximate surface area is 136 Å². The molecule has 124 valence electrons. The third-order valence-corrected chi connectivity index (χ3v) is 4.06. The smallest absolute Gasteiger partial charge is 0.333 e. The van der Waals surface area contributed by atoms with Crippen molar-refractivity contribution < 1.29 is 18.6 Å². The van der Waals surface area contributed by atoms with Crippen molar-refractivity contribution in [2.45, 2.75) is 44.4 Å². The molecular weight excluding hydrogens is 328 g/mol. The molecule has 1 saturated carbocycles. The first kappa shape index (κ1) is 16.1. The van der Waals surface area contributed by atoms with Crippen molar-refractivity contribution in [3.8, 4) is 17.0 Å². The van der Waals surface area contributed by atoms with Crippen molar-refractivity contribution in [2.75, 3.05) is 0 Å². The number of ether oxygens (including phenoxy) is 1. The van der Waals surface area contributed by atoms with E-state index in [4.69, 9.17) is 16.3 Å². The Hall–Kier alpha value is -1.73. The maximum Gasteiger partial charge on any atom is 0.333 e. The van der Waals surface area contributed by atoms with Gasteiger partial charge in [0.1, 0.15) is 10.9 Å². The highest BCUT2D eigenvalue weighted by atomic mass is 35.5. The fraction of sp³-hybridized carbons (Fsp3) is 0.467. The number of aliphatic hydroxyl groups is 1. The summed E-state index contributed by atoms with van der Waals surface area (Å²) in [5.41, 5.74) is 0.861. The van der Waals surface area contributed by atoms with Crippen LogP contribution in [0, 0.1) is 0 Å². The maximum atomic E-state index is 12.7. The van der Waals surface area contributed by atoms with Crippen molar-refractivity contribution in [2.24, 2.45) is 0 Å². The van der Waals surface area contributed by atoms with Crippen LogP contribution < -0.4 is 4.74 Å². The Morgan fingerprint density at radius 2 is 2.04 bits per heavy atom. The molecule has 0 aromatic carbocycles. The summed E-state index contributed by atoms with van der Waals surface area (Å²) in [5, 5.41) is 13.7. The molecule has 0 aliphatic heterocycles. The number of alkyl halides is 2. The van der Waals surface area contributed by atoms with Crippen LogP contribution in [-0.2, 0) is 0 Å². The van der Waals surface area contributed by atoms with E-state index in [-0.39, 0.29) is 17.4 Å². The van der Waals surface area contributed by atoms with Crippen molar-refractivity contribution >= 4 is 11.6 Å². The quantitative estimate of drug-likeness (QED) is 0.860. The van der Waals surface area contributed by atoms with Gasteiger partial charge in [-0.1, -0.05) is 11.6 Å². The van der Waals surface area contributed by atoms with Crippen LogP contribution in [0.15, 0.2) is 24.5 Å². The van der Waals surface area contributed by atoms with Crippen LogP contribution >= 0.6 is 11.6 Å². The van der Waals surface area contributed by atoms with Crippen LogP contribution in [0.1, 0.15) is 32.2 Å². The fourth-order valence-corrected chi connectivity index (χ4v) is 2.78. The molecule has 2 heterocycles. The Bertz CT molecular complexity index is 672. The minimum Gasteiger partial charge on any atom is -0.490 e. The molecule has 0 bridgehead atoms. The third kappa shape index (κ3) is 3.79. The monoisotopic (exact) mass is 343 g/mol. The molecule has 2 aromatic rings. The molecule has 1 fully saturated rings. The predicted octanol–water partition coefficient (Wildman–Crippen LogP) is 3.68. The van der Waals surface area contributed by atoms with E-state index in [1.165, 1.54) is 18.5 Å². The Morgan fingerprint density at radius 1 is 1.30 bits per heavy atom. The van der Waals surface area contributed by atoms with Crippen molar-refractivity contribution in [1.82, 2.24) is 14.8 Å². The lowest BCUT2D eigenvalue weighted by Crippen LogP contribution is -2.26. The Morgan fingerprint density at radius 3 is 2.70 bits per heavy atom. The Kier molecular flexibility index (Phi) is 4.77. The van der Waals surface area contributed by atoms with Crippen molar-refractivity contribution in [3.63, 3.8) is 0 Å².